The average molecular weight is 531 g/mol. The maximum Gasteiger partial charge on any atom is 0.255 e. The second-order valence-electron chi connectivity index (χ2n) is 10.3. The van der Waals surface area contributed by atoms with Crippen LogP contribution in [0.5, 0.6) is 0 Å². The molecule has 4 heterocycles. The molecule has 10 nitrogen and oxygen atoms in total. The number of nitrogens with one attached hydrogen (secondary N) is 2. The first kappa shape index (κ1) is 25.2. The quantitative estimate of drug-likeness (QED) is 0.347. The normalized spacial score (nSPS) is 15.1. The second-order valence-corrected chi connectivity index (χ2v) is 10.3. The fraction of sp³-hybridized carbons (Fsp3) is 0.267. The number of carbonyl (C=O) groups excluding carboxylic acids is 2. The Balaban J connectivity index is 1.26. The van der Waals surface area contributed by atoms with Crippen molar-refractivity contribution < 1.29 is 9.59 Å². The van der Waals surface area contributed by atoms with E-state index < -0.39 is 5.41 Å². The third-order valence-corrected chi connectivity index (χ3v) is 7.19. The Bertz CT molecular complexity index is 1700. The van der Waals surface area contributed by atoms with Crippen molar-refractivity contribution in [3.8, 4) is 28.6 Å². The highest BCUT2D eigenvalue weighted by atomic mass is 16.2. The molecule has 6 rings (SSSR count). The van der Waals surface area contributed by atoms with Gasteiger partial charge >= 0.3 is 0 Å². The molecule has 0 atom stereocenters. The van der Waals surface area contributed by atoms with E-state index in [9.17, 15) is 14.9 Å². The standard InChI is InChI=1S/C30H26N8O2/c1-17-23(13-22(15-34-17)37-29(40)21-6-9-32-26(11-21)30(16-31)7-8-30)25-14-24(35-18(2)36-25)20-5-10-33-27(12-20)38-28(39)19-3-4-19/h5-6,9-15,19H,3-4,7-8H2,1-2H3,(H,37,40)(H,33,38,39). The Kier molecular flexibility index (Phi) is 6.27. The molecule has 2 aliphatic rings. The Morgan fingerprint density at radius 1 is 0.950 bits per heavy atom. The summed E-state index contributed by atoms with van der Waals surface area (Å²) in [5, 5.41) is 15.3. The molecule has 0 saturated heterocycles. The number of anilines is 2. The van der Waals surface area contributed by atoms with Crippen LogP contribution in [0.1, 0.15) is 53.3 Å². The molecule has 198 valence electrons. The summed E-state index contributed by atoms with van der Waals surface area (Å²) in [6.45, 7) is 3.69. The van der Waals surface area contributed by atoms with Crippen LogP contribution in [0.4, 0.5) is 11.5 Å². The maximum absolute atomic E-state index is 13.1. The molecular formula is C30H26N8O2. The van der Waals surface area contributed by atoms with Crippen LogP contribution in [0.2, 0.25) is 0 Å². The number of nitrogens with zero attached hydrogens (tertiary/aromatic N) is 6. The summed E-state index contributed by atoms with van der Waals surface area (Å²) in [5.74, 6) is 0.805. The number of hydrogen-bond acceptors (Lipinski definition) is 8. The molecule has 40 heavy (non-hydrogen) atoms. The van der Waals surface area contributed by atoms with Crippen molar-refractivity contribution in [2.45, 2.75) is 44.9 Å². The van der Waals surface area contributed by atoms with Crippen molar-refractivity contribution >= 4 is 23.3 Å². The molecule has 4 aromatic rings. The fourth-order valence-electron chi connectivity index (χ4n) is 4.53. The van der Waals surface area contributed by atoms with E-state index in [0.29, 0.717) is 40.0 Å². The summed E-state index contributed by atoms with van der Waals surface area (Å²) in [4.78, 5) is 47.6. The molecule has 2 N–H and O–H groups in total. The van der Waals surface area contributed by atoms with Crippen LogP contribution in [0.3, 0.4) is 0 Å². The lowest BCUT2D eigenvalue weighted by Crippen LogP contribution is -2.15. The molecule has 0 aliphatic heterocycles. The van der Waals surface area contributed by atoms with Crippen LogP contribution in [0.25, 0.3) is 22.5 Å². The maximum atomic E-state index is 13.1. The van der Waals surface area contributed by atoms with Gasteiger partial charge in [-0.2, -0.15) is 5.26 Å². The molecule has 2 fully saturated rings. The van der Waals surface area contributed by atoms with Gasteiger partial charge in [-0.25, -0.2) is 15.0 Å². The molecular weight excluding hydrogens is 504 g/mol. The van der Waals surface area contributed by atoms with E-state index in [0.717, 1.165) is 42.5 Å². The first-order chi connectivity index (χ1) is 19.3. The lowest BCUT2D eigenvalue weighted by Gasteiger charge is -2.12. The summed E-state index contributed by atoms with van der Waals surface area (Å²) in [6.07, 6.45) is 8.14. The molecule has 2 amide bonds. The Hall–Kier alpha value is -5.04. The number of aryl methyl sites for hydroxylation is 2. The van der Waals surface area contributed by atoms with Crippen LogP contribution < -0.4 is 10.6 Å². The van der Waals surface area contributed by atoms with E-state index in [2.05, 4.69) is 41.6 Å². The SMILES string of the molecule is Cc1nc(-c2ccnc(NC(=O)C3CC3)c2)cc(-c2cc(NC(=O)c3ccnc(C4(C#N)CC4)c3)cnc2C)n1. The largest absolute Gasteiger partial charge is 0.321 e. The number of nitriles is 1. The zero-order valence-electron chi connectivity index (χ0n) is 22.1. The Morgan fingerprint density at radius 2 is 1.73 bits per heavy atom. The van der Waals surface area contributed by atoms with E-state index in [4.69, 9.17) is 0 Å². The molecule has 2 aliphatic carbocycles. The van der Waals surface area contributed by atoms with Gasteiger partial charge in [0.15, 0.2) is 0 Å². The monoisotopic (exact) mass is 530 g/mol. The van der Waals surface area contributed by atoms with Crippen LogP contribution in [0, 0.1) is 31.1 Å². The minimum absolute atomic E-state index is 0.00938. The minimum Gasteiger partial charge on any atom is -0.321 e. The van der Waals surface area contributed by atoms with Gasteiger partial charge in [-0.05, 0) is 75.9 Å². The number of rotatable bonds is 7. The van der Waals surface area contributed by atoms with Gasteiger partial charge in [0, 0.05) is 40.7 Å². The van der Waals surface area contributed by atoms with Crippen molar-refractivity contribution in [2.75, 3.05) is 10.6 Å². The third kappa shape index (κ3) is 5.14. The first-order valence-electron chi connectivity index (χ1n) is 13.1. The van der Waals surface area contributed by atoms with Crippen molar-refractivity contribution in [2.24, 2.45) is 5.92 Å². The Labute approximate surface area is 231 Å². The first-order valence-corrected chi connectivity index (χ1v) is 13.1. The van der Waals surface area contributed by atoms with Crippen LogP contribution in [0.15, 0.2) is 55.0 Å². The van der Waals surface area contributed by atoms with Gasteiger partial charge < -0.3 is 10.6 Å². The van der Waals surface area contributed by atoms with E-state index in [1.54, 1.807) is 36.8 Å². The molecule has 4 aromatic heterocycles. The van der Waals surface area contributed by atoms with Gasteiger partial charge in [0.2, 0.25) is 5.91 Å². The van der Waals surface area contributed by atoms with Crippen LogP contribution in [-0.4, -0.2) is 36.7 Å². The summed E-state index contributed by atoms with van der Waals surface area (Å²) in [7, 11) is 0. The molecule has 0 radical (unpaired) electrons. The summed E-state index contributed by atoms with van der Waals surface area (Å²) >= 11 is 0. The highest BCUT2D eigenvalue weighted by Crippen LogP contribution is 2.46. The van der Waals surface area contributed by atoms with Gasteiger partial charge in [-0.1, -0.05) is 0 Å². The highest BCUT2D eigenvalue weighted by Gasteiger charge is 2.46. The third-order valence-electron chi connectivity index (χ3n) is 7.19. The summed E-state index contributed by atoms with van der Waals surface area (Å²) < 4.78 is 0. The minimum atomic E-state index is -0.574. The zero-order chi connectivity index (χ0) is 27.9. The number of aromatic nitrogens is 5. The number of amides is 2. The fourth-order valence-corrected chi connectivity index (χ4v) is 4.53. The topological polar surface area (TPSA) is 146 Å². The molecule has 10 heteroatoms. The van der Waals surface area contributed by atoms with Crippen LogP contribution >= 0.6 is 0 Å². The van der Waals surface area contributed by atoms with Gasteiger partial charge in [0.1, 0.15) is 11.6 Å². The van der Waals surface area contributed by atoms with Crippen molar-refractivity contribution in [3.05, 3.63) is 77.8 Å². The van der Waals surface area contributed by atoms with E-state index in [1.165, 1.54) is 0 Å². The van der Waals surface area contributed by atoms with Gasteiger partial charge in [0.05, 0.1) is 40.5 Å². The van der Waals surface area contributed by atoms with Crippen LogP contribution in [-0.2, 0) is 10.2 Å². The zero-order valence-corrected chi connectivity index (χ0v) is 22.1. The molecule has 0 unspecified atom stereocenters. The van der Waals surface area contributed by atoms with Crippen molar-refractivity contribution in [1.29, 1.82) is 5.26 Å². The lowest BCUT2D eigenvalue weighted by molar-refractivity contribution is -0.117. The molecule has 0 aromatic carbocycles. The van der Waals surface area contributed by atoms with E-state index >= 15 is 0 Å². The summed E-state index contributed by atoms with van der Waals surface area (Å²) in [5.41, 5.74) is 4.60. The summed E-state index contributed by atoms with van der Waals surface area (Å²) in [6, 6.07) is 13.0. The van der Waals surface area contributed by atoms with E-state index in [1.807, 2.05) is 32.0 Å². The Morgan fingerprint density at radius 3 is 2.48 bits per heavy atom. The van der Waals surface area contributed by atoms with Gasteiger partial charge in [-0.15, -0.1) is 0 Å². The number of pyridine rings is 3. The van der Waals surface area contributed by atoms with Gasteiger partial charge in [0.25, 0.3) is 5.91 Å². The molecule has 0 spiro atoms. The predicted octanol–water partition coefficient (Wildman–Crippen LogP) is 4.77. The smallest absolute Gasteiger partial charge is 0.255 e. The molecule has 0 bridgehead atoms. The highest BCUT2D eigenvalue weighted by molar-refractivity contribution is 6.04. The number of carbonyl (C=O) groups is 2. The predicted molar refractivity (Wildman–Crippen MR) is 148 cm³/mol. The average Bonchev–Trinajstić information content (AvgIpc) is 3.88. The van der Waals surface area contributed by atoms with E-state index in [-0.39, 0.29) is 17.7 Å². The molecule has 2 saturated carbocycles. The van der Waals surface area contributed by atoms with Crippen molar-refractivity contribution in [3.63, 3.8) is 0 Å². The van der Waals surface area contributed by atoms with Gasteiger partial charge in [-0.3, -0.25) is 19.6 Å². The lowest BCUT2D eigenvalue weighted by atomic mass is 10.0. The number of hydrogen-bond donors (Lipinski definition) is 2. The van der Waals surface area contributed by atoms with Crippen molar-refractivity contribution in [1.82, 2.24) is 24.9 Å². The second kappa shape index (κ2) is 9.93.